The molecule has 0 aliphatic carbocycles. The summed E-state index contributed by atoms with van der Waals surface area (Å²) in [6, 6.07) is 11.6. The molecule has 0 saturated heterocycles. The predicted octanol–water partition coefficient (Wildman–Crippen LogP) is 3.16. The van der Waals surface area contributed by atoms with Crippen LogP contribution in [0.2, 0.25) is 0 Å². The van der Waals surface area contributed by atoms with Crippen LogP contribution in [0.4, 0.5) is 30.6 Å². The summed E-state index contributed by atoms with van der Waals surface area (Å²) >= 11 is 0. The topological polar surface area (TPSA) is 157 Å². The van der Waals surface area contributed by atoms with Crippen molar-refractivity contribution in [2.75, 3.05) is 17.2 Å². The fourth-order valence-electron chi connectivity index (χ4n) is 2.84. The molecule has 0 radical (unpaired) electrons. The number of carboxylic acids is 1. The number of nitrogens with one attached hydrogen (secondary N) is 1. The molecular weight excluding hydrogens is 389 g/mol. The quantitative estimate of drug-likeness (QED) is 0.305. The summed E-state index contributed by atoms with van der Waals surface area (Å²) in [6.07, 6.45) is -3.21. The first-order valence-corrected chi connectivity index (χ1v) is 8.06. The maximum Gasteiger partial charge on any atom is 0.490 e. The smallest absolute Gasteiger partial charge is 0.475 e. The molecule has 8 nitrogen and oxygen atoms in total. The first kappa shape index (κ1) is 19.7. The Hall–Kier alpha value is -4.02. The number of aliphatic carboxylic acids is 1. The number of nitrogens with zero attached hydrogens (tertiary/aromatic N) is 2. The minimum Gasteiger partial charge on any atom is -0.475 e. The zero-order chi connectivity index (χ0) is 21.3. The van der Waals surface area contributed by atoms with E-state index in [1.54, 1.807) is 0 Å². The molecule has 8 N–H and O–H groups in total. The predicted molar refractivity (Wildman–Crippen MR) is 104 cm³/mol. The summed E-state index contributed by atoms with van der Waals surface area (Å²) in [5, 5.41) is 8.89. The normalized spacial score (nSPS) is 11.3. The molecule has 2 aromatic heterocycles. The number of halogens is 3. The molecule has 29 heavy (non-hydrogen) atoms. The zero-order valence-corrected chi connectivity index (χ0v) is 14.7. The standard InChI is InChI=1S/C16H14N6.C2HF3O2/c17-9-3-1-2-8(6-9)11-7-12-13(10-4-5-20-14(10)11)15(18)22-16(19)21-12;3-2(4,5)1(6)7/h1-7,20H,17H2,(H4,18,19,21,22);(H,6,7). The number of hydrogen-bond acceptors (Lipinski definition) is 6. The number of fused-ring (bicyclic) bond motifs is 3. The number of carbonyl (C=O) groups is 1. The van der Waals surface area contributed by atoms with Crippen molar-refractivity contribution in [2.24, 2.45) is 0 Å². The summed E-state index contributed by atoms with van der Waals surface area (Å²) < 4.78 is 31.7. The molecule has 4 rings (SSSR count). The highest BCUT2D eigenvalue weighted by Gasteiger charge is 2.38. The van der Waals surface area contributed by atoms with E-state index in [-0.39, 0.29) is 5.95 Å². The molecule has 0 atom stereocenters. The van der Waals surface area contributed by atoms with Gasteiger partial charge in [-0.3, -0.25) is 0 Å². The van der Waals surface area contributed by atoms with Gasteiger partial charge < -0.3 is 27.3 Å². The lowest BCUT2D eigenvalue weighted by Gasteiger charge is -2.09. The van der Waals surface area contributed by atoms with Crippen LogP contribution in [0.5, 0.6) is 0 Å². The lowest BCUT2D eigenvalue weighted by Crippen LogP contribution is -2.21. The van der Waals surface area contributed by atoms with E-state index in [2.05, 4.69) is 15.0 Å². The second-order valence-corrected chi connectivity index (χ2v) is 5.98. The number of nitrogen functional groups attached to an aromatic ring is 3. The second kappa shape index (κ2) is 7.19. The molecule has 11 heteroatoms. The van der Waals surface area contributed by atoms with Crippen LogP contribution in [0, 0.1) is 0 Å². The van der Waals surface area contributed by atoms with E-state index in [1.165, 1.54) is 0 Å². The lowest BCUT2D eigenvalue weighted by molar-refractivity contribution is -0.192. The second-order valence-electron chi connectivity index (χ2n) is 5.98. The van der Waals surface area contributed by atoms with Crippen LogP contribution in [0.15, 0.2) is 42.6 Å². The third-order valence-electron chi connectivity index (χ3n) is 3.99. The third-order valence-corrected chi connectivity index (χ3v) is 3.99. The van der Waals surface area contributed by atoms with Crippen LogP contribution >= 0.6 is 0 Å². The van der Waals surface area contributed by atoms with Gasteiger partial charge in [-0.1, -0.05) is 12.1 Å². The van der Waals surface area contributed by atoms with Crippen LogP contribution in [0.25, 0.3) is 32.9 Å². The average Bonchev–Trinajstić information content (AvgIpc) is 3.09. The van der Waals surface area contributed by atoms with Gasteiger partial charge in [0.25, 0.3) is 0 Å². The zero-order valence-electron chi connectivity index (χ0n) is 14.7. The van der Waals surface area contributed by atoms with E-state index < -0.39 is 12.1 Å². The fraction of sp³-hybridized carbons (Fsp3) is 0.0556. The van der Waals surface area contributed by atoms with Crippen molar-refractivity contribution in [3.63, 3.8) is 0 Å². The Morgan fingerprint density at radius 2 is 1.76 bits per heavy atom. The Kier molecular flexibility index (Phi) is 4.89. The SMILES string of the molecule is Nc1cccc(-c2cc3nc(N)nc(N)c3c3cc[nH]c23)c1.O=C(O)C(F)(F)F. The summed E-state index contributed by atoms with van der Waals surface area (Å²) in [5.41, 5.74) is 22.1. The lowest BCUT2D eigenvalue weighted by atomic mass is 9.99. The van der Waals surface area contributed by atoms with Gasteiger partial charge in [-0.2, -0.15) is 18.2 Å². The molecule has 0 aliphatic rings. The van der Waals surface area contributed by atoms with E-state index in [9.17, 15) is 13.2 Å². The van der Waals surface area contributed by atoms with Crippen molar-refractivity contribution >= 4 is 45.2 Å². The Morgan fingerprint density at radius 1 is 1.07 bits per heavy atom. The van der Waals surface area contributed by atoms with Gasteiger partial charge in [0.1, 0.15) is 5.82 Å². The molecule has 4 aromatic rings. The number of alkyl halides is 3. The summed E-state index contributed by atoms with van der Waals surface area (Å²) in [4.78, 5) is 20.5. The molecule has 0 amide bonds. The highest BCUT2D eigenvalue weighted by Crippen LogP contribution is 2.36. The van der Waals surface area contributed by atoms with Gasteiger partial charge in [0.2, 0.25) is 5.95 Å². The monoisotopic (exact) mass is 404 g/mol. The van der Waals surface area contributed by atoms with Gasteiger partial charge in [-0.25, -0.2) is 9.78 Å². The minimum absolute atomic E-state index is 0.165. The number of rotatable bonds is 1. The van der Waals surface area contributed by atoms with Gasteiger partial charge >= 0.3 is 12.1 Å². The number of carboxylic acid groups (broad SMARTS) is 1. The molecule has 2 aromatic carbocycles. The van der Waals surface area contributed by atoms with E-state index >= 15 is 0 Å². The van der Waals surface area contributed by atoms with Gasteiger partial charge in [-0.05, 0) is 29.8 Å². The van der Waals surface area contributed by atoms with Crippen molar-refractivity contribution in [1.82, 2.24) is 15.0 Å². The third kappa shape index (κ3) is 3.98. The van der Waals surface area contributed by atoms with E-state index in [0.29, 0.717) is 11.5 Å². The largest absolute Gasteiger partial charge is 0.490 e. The molecule has 0 aliphatic heterocycles. The number of anilines is 3. The molecule has 0 spiro atoms. The van der Waals surface area contributed by atoms with Crippen molar-refractivity contribution < 1.29 is 23.1 Å². The maximum atomic E-state index is 10.6. The van der Waals surface area contributed by atoms with Crippen LogP contribution < -0.4 is 17.2 Å². The molecule has 150 valence electrons. The first-order chi connectivity index (χ1) is 13.6. The first-order valence-electron chi connectivity index (χ1n) is 8.06. The number of aromatic nitrogens is 3. The van der Waals surface area contributed by atoms with Crippen LogP contribution in [-0.2, 0) is 4.79 Å². The molecule has 0 unspecified atom stereocenters. The van der Waals surface area contributed by atoms with Gasteiger partial charge in [-0.15, -0.1) is 0 Å². The van der Waals surface area contributed by atoms with E-state index in [4.69, 9.17) is 27.1 Å². The van der Waals surface area contributed by atoms with Crippen molar-refractivity contribution in [3.05, 3.63) is 42.6 Å². The highest BCUT2D eigenvalue weighted by atomic mass is 19.4. The van der Waals surface area contributed by atoms with Gasteiger partial charge in [0.15, 0.2) is 0 Å². The van der Waals surface area contributed by atoms with E-state index in [1.807, 2.05) is 42.6 Å². The molecule has 2 heterocycles. The number of hydrogen-bond donors (Lipinski definition) is 5. The number of H-pyrrole nitrogens is 1. The molecular formula is C18H15F3N6O2. The Bertz CT molecular complexity index is 1220. The fourth-order valence-corrected chi connectivity index (χ4v) is 2.84. The molecule has 0 bridgehead atoms. The van der Waals surface area contributed by atoms with Crippen LogP contribution in [-0.4, -0.2) is 32.2 Å². The number of aromatic amines is 1. The van der Waals surface area contributed by atoms with Crippen LogP contribution in [0.1, 0.15) is 0 Å². The van der Waals surface area contributed by atoms with Gasteiger partial charge in [0.05, 0.1) is 16.4 Å². The Morgan fingerprint density at radius 3 is 2.38 bits per heavy atom. The minimum atomic E-state index is -5.08. The van der Waals surface area contributed by atoms with Gasteiger partial charge in [0, 0.05) is 22.8 Å². The molecule has 0 fully saturated rings. The highest BCUT2D eigenvalue weighted by molar-refractivity contribution is 6.15. The van der Waals surface area contributed by atoms with Crippen molar-refractivity contribution in [3.8, 4) is 11.1 Å². The Balaban J connectivity index is 0.000000298. The van der Waals surface area contributed by atoms with E-state index in [0.717, 1.165) is 32.9 Å². The summed E-state index contributed by atoms with van der Waals surface area (Å²) in [7, 11) is 0. The molecule has 0 saturated carbocycles. The Labute approximate surface area is 161 Å². The van der Waals surface area contributed by atoms with Crippen LogP contribution in [0.3, 0.4) is 0 Å². The average molecular weight is 404 g/mol. The summed E-state index contributed by atoms with van der Waals surface area (Å²) in [6.45, 7) is 0. The summed E-state index contributed by atoms with van der Waals surface area (Å²) in [5.74, 6) is -2.21. The number of nitrogens with two attached hydrogens (primary N) is 3. The maximum absolute atomic E-state index is 10.6. The van der Waals surface area contributed by atoms with Crippen molar-refractivity contribution in [1.29, 1.82) is 0 Å². The number of benzene rings is 2. The van der Waals surface area contributed by atoms with Crippen molar-refractivity contribution in [2.45, 2.75) is 6.18 Å².